The Morgan fingerprint density at radius 1 is 0.786 bits per heavy atom. The van der Waals surface area contributed by atoms with Gasteiger partial charge >= 0.3 is 0 Å². The van der Waals surface area contributed by atoms with Crippen molar-refractivity contribution in [1.82, 2.24) is 26.2 Å². The van der Waals surface area contributed by atoms with E-state index in [1.54, 1.807) is 33.6 Å². The highest BCUT2D eigenvalue weighted by molar-refractivity contribution is 5.76. The molecule has 0 rings (SSSR count). The van der Waals surface area contributed by atoms with Crippen LogP contribution in [0.3, 0.4) is 0 Å². The molecule has 3 amide bonds. The van der Waals surface area contributed by atoms with Crippen LogP contribution in [0, 0.1) is 0 Å². The van der Waals surface area contributed by atoms with E-state index in [0.29, 0.717) is 52.0 Å². The second-order valence-corrected chi connectivity index (χ2v) is 5.95. The van der Waals surface area contributed by atoms with Crippen LogP contribution in [0.5, 0.6) is 0 Å². The van der Waals surface area contributed by atoms with Gasteiger partial charge in [-0.3, -0.25) is 24.4 Å². The summed E-state index contributed by atoms with van der Waals surface area (Å²) >= 11 is 0. The number of carbonyl (C=O) groups is 3. The van der Waals surface area contributed by atoms with Crippen molar-refractivity contribution < 1.29 is 14.4 Å². The predicted octanol–water partition coefficient (Wildman–Crippen LogP) is -1.57. The van der Waals surface area contributed by atoms with Crippen LogP contribution in [0.1, 0.15) is 19.3 Å². The van der Waals surface area contributed by atoms with Gasteiger partial charge in [-0.2, -0.15) is 0 Å². The number of nitrogens with zero attached hydrogens (tertiary/aromatic N) is 3. The van der Waals surface area contributed by atoms with Gasteiger partial charge in [0.1, 0.15) is 0 Å². The van der Waals surface area contributed by atoms with Crippen molar-refractivity contribution in [3.63, 3.8) is 0 Å². The first kappa shape index (κ1) is 25.7. The van der Waals surface area contributed by atoms with E-state index in [4.69, 9.17) is 0 Å². The van der Waals surface area contributed by atoms with Gasteiger partial charge in [0, 0.05) is 92.1 Å². The van der Waals surface area contributed by atoms with Crippen LogP contribution in [-0.2, 0) is 14.4 Å². The van der Waals surface area contributed by atoms with Crippen LogP contribution in [0.2, 0.25) is 0 Å². The molecule has 0 fully saturated rings. The molecule has 0 aromatic carbocycles. The molecule has 4 N–H and O–H groups in total. The molecular formula is C18H35N7O3. The fourth-order valence-electron chi connectivity index (χ4n) is 2.13. The molecule has 0 unspecified atom stereocenters. The largest absolute Gasteiger partial charge is 0.359 e. The van der Waals surface area contributed by atoms with E-state index in [1.165, 1.54) is 0 Å². The molecule has 0 saturated carbocycles. The molecule has 0 aliphatic carbocycles. The number of carbonyl (C=O) groups excluding carboxylic acids is 3. The Hall–Kier alpha value is -2.33. The fourth-order valence-corrected chi connectivity index (χ4v) is 2.13. The highest BCUT2D eigenvalue weighted by Crippen LogP contribution is 1.94. The average molecular weight is 398 g/mol. The van der Waals surface area contributed by atoms with Crippen molar-refractivity contribution in [2.45, 2.75) is 19.3 Å². The fraction of sp³-hybridized carbons (Fsp3) is 0.722. The van der Waals surface area contributed by atoms with Crippen LogP contribution in [0.4, 0.5) is 0 Å². The minimum Gasteiger partial charge on any atom is -0.359 e. The zero-order valence-electron chi connectivity index (χ0n) is 17.3. The third kappa shape index (κ3) is 15.9. The molecule has 0 heterocycles. The minimum atomic E-state index is -0.0236. The van der Waals surface area contributed by atoms with E-state index in [2.05, 4.69) is 36.2 Å². The zero-order chi connectivity index (χ0) is 21.0. The van der Waals surface area contributed by atoms with Gasteiger partial charge in [0.2, 0.25) is 17.7 Å². The molecule has 0 aromatic heterocycles. The van der Waals surface area contributed by atoms with Crippen LogP contribution < -0.4 is 21.3 Å². The van der Waals surface area contributed by atoms with Crippen LogP contribution in [-0.4, -0.2) is 102 Å². The molecular weight excluding hydrogens is 362 g/mol. The second kappa shape index (κ2) is 18.1. The maximum atomic E-state index is 11.4. The number of hydrogen-bond acceptors (Lipinski definition) is 7. The number of rotatable bonds is 16. The lowest BCUT2D eigenvalue weighted by Crippen LogP contribution is -2.37. The maximum Gasteiger partial charge on any atom is 0.221 e. The highest BCUT2D eigenvalue weighted by Gasteiger charge is 2.09. The van der Waals surface area contributed by atoms with Gasteiger partial charge < -0.3 is 26.2 Å². The van der Waals surface area contributed by atoms with Crippen molar-refractivity contribution >= 4 is 30.2 Å². The molecule has 160 valence electrons. The lowest BCUT2D eigenvalue weighted by Gasteiger charge is -2.21. The topological polar surface area (TPSA) is 127 Å². The van der Waals surface area contributed by atoms with E-state index in [-0.39, 0.29) is 17.7 Å². The molecule has 10 nitrogen and oxygen atoms in total. The Balaban J connectivity index is 3.94. The first-order valence-corrected chi connectivity index (χ1v) is 9.54. The average Bonchev–Trinajstić information content (AvgIpc) is 2.72. The van der Waals surface area contributed by atoms with Crippen molar-refractivity contribution in [3.05, 3.63) is 0 Å². The zero-order valence-corrected chi connectivity index (χ0v) is 17.3. The summed E-state index contributed by atoms with van der Waals surface area (Å²) in [5.74, 6) is -0.0476. The first-order chi connectivity index (χ1) is 13.5. The molecule has 0 aliphatic rings. The Kier molecular flexibility index (Phi) is 16.6. The molecule has 0 radical (unpaired) electrons. The Bertz CT molecular complexity index is 489. The van der Waals surface area contributed by atoms with Gasteiger partial charge in [0.05, 0.1) is 6.54 Å². The van der Waals surface area contributed by atoms with Crippen LogP contribution in [0.15, 0.2) is 9.98 Å². The van der Waals surface area contributed by atoms with Crippen LogP contribution >= 0.6 is 0 Å². The van der Waals surface area contributed by atoms with Gasteiger partial charge in [-0.25, -0.2) is 0 Å². The third-order valence-electron chi connectivity index (χ3n) is 3.90. The Morgan fingerprint density at radius 3 is 1.93 bits per heavy atom. The highest BCUT2D eigenvalue weighted by atomic mass is 16.2. The number of amides is 3. The molecule has 0 bridgehead atoms. The summed E-state index contributed by atoms with van der Waals surface area (Å²) in [7, 11) is 4.84. The summed E-state index contributed by atoms with van der Waals surface area (Å²) in [6.07, 6.45) is 4.67. The minimum absolute atomic E-state index is 0.0120. The Morgan fingerprint density at radius 2 is 1.36 bits per heavy atom. The molecule has 0 aromatic rings. The summed E-state index contributed by atoms with van der Waals surface area (Å²) in [4.78, 5) is 44.3. The smallest absolute Gasteiger partial charge is 0.221 e. The SMILES string of the molecule is CNC(=O)CCN=CCN=CCNCCN(CCC(=O)NC)CCC(=O)NC. The molecule has 0 atom stereocenters. The standard InChI is InChI=1S/C18H35N7O3/c1-19-16(26)4-7-22-8-9-23-10-11-24-12-15-25(13-5-17(27)20-2)14-6-18(28)21-3/h8,10,24H,4-7,9,11-15H2,1-3H3,(H,19,26)(H,20,27)(H,21,28). The van der Waals surface area contributed by atoms with E-state index in [0.717, 1.165) is 13.1 Å². The van der Waals surface area contributed by atoms with Gasteiger partial charge in [-0.15, -0.1) is 0 Å². The maximum absolute atomic E-state index is 11.4. The van der Waals surface area contributed by atoms with E-state index < -0.39 is 0 Å². The Labute approximate surface area is 167 Å². The molecule has 0 saturated heterocycles. The lowest BCUT2D eigenvalue weighted by atomic mass is 10.3. The van der Waals surface area contributed by atoms with E-state index >= 15 is 0 Å². The summed E-state index contributed by atoms with van der Waals surface area (Å²) < 4.78 is 0. The molecule has 0 spiro atoms. The van der Waals surface area contributed by atoms with Crippen molar-refractivity contribution in [2.24, 2.45) is 9.98 Å². The van der Waals surface area contributed by atoms with Crippen molar-refractivity contribution in [2.75, 3.05) is 67.0 Å². The monoisotopic (exact) mass is 397 g/mol. The van der Waals surface area contributed by atoms with Gasteiger partial charge in [0.25, 0.3) is 0 Å². The molecule has 0 aliphatic heterocycles. The normalized spacial score (nSPS) is 11.3. The third-order valence-corrected chi connectivity index (χ3v) is 3.90. The first-order valence-electron chi connectivity index (χ1n) is 9.54. The quantitative estimate of drug-likeness (QED) is 0.185. The van der Waals surface area contributed by atoms with Gasteiger partial charge in [-0.05, 0) is 0 Å². The molecule has 28 heavy (non-hydrogen) atoms. The number of aliphatic imine (C=N–C) groups is 2. The predicted molar refractivity (Wildman–Crippen MR) is 112 cm³/mol. The van der Waals surface area contributed by atoms with E-state index in [9.17, 15) is 14.4 Å². The number of nitrogens with one attached hydrogen (secondary N) is 4. The van der Waals surface area contributed by atoms with Gasteiger partial charge in [-0.1, -0.05) is 0 Å². The van der Waals surface area contributed by atoms with E-state index in [1.807, 2.05) is 0 Å². The second-order valence-electron chi connectivity index (χ2n) is 5.95. The van der Waals surface area contributed by atoms with Crippen molar-refractivity contribution in [1.29, 1.82) is 0 Å². The number of hydrogen-bond donors (Lipinski definition) is 4. The lowest BCUT2D eigenvalue weighted by molar-refractivity contribution is -0.121. The molecule has 10 heteroatoms. The summed E-state index contributed by atoms with van der Waals surface area (Å²) in [6.45, 7) is 4.27. The van der Waals surface area contributed by atoms with Crippen molar-refractivity contribution in [3.8, 4) is 0 Å². The van der Waals surface area contributed by atoms with Gasteiger partial charge in [0.15, 0.2) is 0 Å². The summed E-state index contributed by atoms with van der Waals surface area (Å²) in [5, 5.41) is 11.0. The van der Waals surface area contributed by atoms with Crippen LogP contribution in [0.25, 0.3) is 0 Å². The summed E-state index contributed by atoms with van der Waals surface area (Å²) in [6, 6.07) is 0. The summed E-state index contributed by atoms with van der Waals surface area (Å²) in [5.41, 5.74) is 0.